The van der Waals surface area contributed by atoms with Crippen molar-refractivity contribution in [1.82, 2.24) is 19.5 Å². The fourth-order valence-electron chi connectivity index (χ4n) is 5.91. The molecule has 1 aliphatic heterocycles. The SMILES string of the molecule is CC(Nc1nc(C(=O)O)nc2nc(N3CCCC3c3cccc(F)c3)n(Cc3ccc(C(F)(F)F)cc3)c12)C1CCC1. The van der Waals surface area contributed by atoms with Crippen LogP contribution in [0.1, 0.15) is 72.4 Å². The highest BCUT2D eigenvalue weighted by molar-refractivity contribution is 5.92. The van der Waals surface area contributed by atoms with Gasteiger partial charge in [0.15, 0.2) is 11.5 Å². The third kappa shape index (κ3) is 5.37. The predicted molar refractivity (Wildman–Crippen MR) is 149 cm³/mol. The van der Waals surface area contributed by atoms with Crippen molar-refractivity contribution < 1.29 is 27.5 Å². The van der Waals surface area contributed by atoms with E-state index in [1.54, 1.807) is 6.07 Å². The van der Waals surface area contributed by atoms with Gasteiger partial charge in [0.05, 0.1) is 18.2 Å². The third-order valence-electron chi connectivity index (χ3n) is 8.36. The summed E-state index contributed by atoms with van der Waals surface area (Å²) >= 11 is 0. The Morgan fingerprint density at radius 2 is 1.83 bits per heavy atom. The molecule has 2 aromatic carbocycles. The Morgan fingerprint density at radius 1 is 1.07 bits per heavy atom. The summed E-state index contributed by atoms with van der Waals surface area (Å²) in [5.74, 6) is -0.874. The van der Waals surface area contributed by atoms with Crippen molar-refractivity contribution in [3.63, 3.8) is 0 Å². The molecule has 220 valence electrons. The van der Waals surface area contributed by atoms with Gasteiger partial charge in [-0.1, -0.05) is 30.7 Å². The van der Waals surface area contributed by atoms with Crippen molar-refractivity contribution in [2.75, 3.05) is 16.8 Å². The number of carbonyl (C=O) groups is 1. The van der Waals surface area contributed by atoms with Crippen LogP contribution in [0.15, 0.2) is 48.5 Å². The molecule has 1 saturated carbocycles. The van der Waals surface area contributed by atoms with Crippen molar-refractivity contribution in [2.24, 2.45) is 5.92 Å². The number of aromatic nitrogens is 4. The van der Waals surface area contributed by atoms with Crippen molar-refractivity contribution in [3.05, 3.63) is 76.9 Å². The van der Waals surface area contributed by atoms with E-state index in [9.17, 15) is 27.5 Å². The Labute approximate surface area is 239 Å². The monoisotopic (exact) mass is 582 g/mol. The molecule has 2 unspecified atom stereocenters. The minimum atomic E-state index is -4.46. The summed E-state index contributed by atoms with van der Waals surface area (Å²) in [5.41, 5.74) is 1.24. The smallest absolute Gasteiger partial charge is 0.416 e. The van der Waals surface area contributed by atoms with Gasteiger partial charge in [-0.15, -0.1) is 0 Å². The van der Waals surface area contributed by atoms with Gasteiger partial charge in [0.2, 0.25) is 11.8 Å². The maximum atomic E-state index is 14.2. The molecule has 1 aliphatic carbocycles. The zero-order valence-electron chi connectivity index (χ0n) is 22.9. The molecular formula is C30H30F4N6O2. The number of imidazole rings is 1. The first-order valence-electron chi connectivity index (χ1n) is 14.0. The number of carboxylic acid groups (broad SMARTS) is 1. The minimum absolute atomic E-state index is 0.00296. The van der Waals surface area contributed by atoms with Gasteiger partial charge in [-0.2, -0.15) is 18.2 Å². The lowest BCUT2D eigenvalue weighted by atomic mass is 9.80. The molecule has 8 nitrogen and oxygen atoms in total. The highest BCUT2D eigenvalue weighted by atomic mass is 19.4. The molecule has 1 saturated heterocycles. The second-order valence-corrected chi connectivity index (χ2v) is 11.1. The summed E-state index contributed by atoms with van der Waals surface area (Å²) in [4.78, 5) is 27.4. The third-order valence-corrected chi connectivity index (χ3v) is 8.36. The number of hydrogen-bond donors (Lipinski definition) is 2. The largest absolute Gasteiger partial charge is 0.475 e. The summed E-state index contributed by atoms with van der Waals surface area (Å²) in [7, 11) is 0. The molecule has 2 N–H and O–H groups in total. The fraction of sp³-hybridized carbons (Fsp3) is 0.400. The van der Waals surface area contributed by atoms with Crippen LogP contribution < -0.4 is 10.2 Å². The second-order valence-electron chi connectivity index (χ2n) is 11.1. The molecule has 2 fully saturated rings. The first-order chi connectivity index (χ1) is 20.1. The molecule has 2 atom stereocenters. The molecule has 0 spiro atoms. The zero-order valence-corrected chi connectivity index (χ0v) is 22.9. The lowest BCUT2D eigenvalue weighted by Gasteiger charge is -2.32. The molecule has 4 aromatic rings. The molecule has 3 heterocycles. The van der Waals surface area contributed by atoms with Gasteiger partial charge in [0, 0.05) is 12.6 Å². The van der Waals surface area contributed by atoms with E-state index in [0.29, 0.717) is 35.3 Å². The van der Waals surface area contributed by atoms with E-state index in [0.717, 1.165) is 49.8 Å². The summed E-state index contributed by atoms with van der Waals surface area (Å²) in [6.07, 6.45) is 0.307. The van der Waals surface area contributed by atoms with Gasteiger partial charge in [-0.25, -0.2) is 19.2 Å². The quantitative estimate of drug-likeness (QED) is 0.224. The molecule has 42 heavy (non-hydrogen) atoms. The summed E-state index contributed by atoms with van der Waals surface area (Å²) in [5, 5.41) is 13.2. The predicted octanol–water partition coefficient (Wildman–Crippen LogP) is 6.67. The van der Waals surface area contributed by atoms with E-state index in [2.05, 4.69) is 15.3 Å². The number of fused-ring (bicyclic) bond motifs is 1. The second kappa shape index (κ2) is 10.9. The zero-order chi connectivity index (χ0) is 29.6. The van der Waals surface area contributed by atoms with E-state index >= 15 is 0 Å². The van der Waals surface area contributed by atoms with Crippen LogP contribution in [0.5, 0.6) is 0 Å². The lowest BCUT2D eigenvalue weighted by Crippen LogP contribution is -2.31. The number of nitrogens with zero attached hydrogens (tertiary/aromatic N) is 5. The maximum Gasteiger partial charge on any atom is 0.416 e. The van der Waals surface area contributed by atoms with Crippen molar-refractivity contribution in [2.45, 2.75) is 63.8 Å². The average molecular weight is 583 g/mol. The first-order valence-corrected chi connectivity index (χ1v) is 14.0. The van der Waals surface area contributed by atoms with Crippen LogP contribution in [0, 0.1) is 11.7 Å². The van der Waals surface area contributed by atoms with Crippen molar-refractivity contribution in [3.8, 4) is 0 Å². The van der Waals surface area contributed by atoms with Crippen LogP contribution in [0.2, 0.25) is 0 Å². The number of alkyl halides is 3. The van der Waals surface area contributed by atoms with Gasteiger partial charge in [-0.05, 0) is 73.9 Å². The van der Waals surface area contributed by atoms with Gasteiger partial charge in [-0.3, -0.25) is 0 Å². The Morgan fingerprint density at radius 3 is 2.48 bits per heavy atom. The molecule has 0 bridgehead atoms. The maximum absolute atomic E-state index is 14.2. The number of benzene rings is 2. The van der Waals surface area contributed by atoms with Crippen LogP contribution in [0.25, 0.3) is 11.2 Å². The van der Waals surface area contributed by atoms with E-state index in [1.165, 1.54) is 24.3 Å². The number of anilines is 2. The Balaban J connectivity index is 1.50. The van der Waals surface area contributed by atoms with E-state index in [4.69, 9.17) is 4.98 Å². The Hall–Kier alpha value is -4.22. The topological polar surface area (TPSA) is 96.2 Å². The molecule has 12 heteroatoms. The number of rotatable bonds is 8. The van der Waals surface area contributed by atoms with E-state index in [1.807, 2.05) is 22.5 Å². The molecule has 0 radical (unpaired) electrons. The van der Waals surface area contributed by atoms with Crippen LogP contribution in [-0.4, -0.2) is 43.2 Å². The Bertz CT molecular complexity index is 1620. The van der Waals surface area contributed by atoms with Gasteiger partial charge >= 0.3 is 12.1 Å². The van der Waals surface area contributed by atoms with Crippen LogP contribution >= 0.6 is 0 Å². The minimum Gasteiger partial charge on any atom is -0.475 e. The first kappa shape index (κ1) is 27.9. The highest BCUT2D eigenvalue weighted by Gasteiger charge is 2.34. The molecule has 6 rings (SSSR count). The van der Waals surface area contributed by atoms with Crippen LogP contribution in [0.3, 0.4) is 0 Å². The van der Waals surface area contributed by atoms with Gasteiger partial charge < -0.3 is 19.9 Å². The molecule has 2 aliphatic rings. The summed E-state index contributed by atoms with van der Waals surface area (Å²) < 4.78 is 55.8. The van der Waals surface area contributed by atoms with Gasteiger partial charge in [0.1, 0.15) is 11.3 Å². The normalized spacial score (nSPS) is 18.3. The van der Waals surface area contributed by atoms with Crippen molar-refractivity contribution >= 4 is 28.9 Å². The summed E-state index contributed by atoms with van der Waals surface area (Å²) in [6.45, 7) is 2.76. The highest BCUT2D eigenvalue weighted by Crippen LogP contribution is 2.39. The van der Waals surface area contributed by atoms with Crippen LogP contribution in [0.4, 0.5) is 29.3 Å². The molecule has 2 aromatic heterocycles. The summed E-state index contributed by atoms with van der Waals surface area (Å²) in [6, 6.07) is 11.1. The standard InChI is InChI=1S/C30H30F4N6O2/c1-17(19-5-2-6-19)35-25-24-26(37-27(36-25)28(41)42)38-29(39-14-4-9-23(39)20-7-3-8-22(31)15-20)40(24)16-18-10-12-21(13-11-18)30(32,33)34/h3,7-8,10-13,15,17,19,23H,2,4-6,9,14,16H2,1H3,(H,41,42)(H,35,36,37). The van der Waals surface area contributed by atoms with Crippen molar-refractivity contribution in [1.29, 1.82) is 0 Å². The lowest BCUT2D eigenvalue weighted by molar-refractivity contribution is -0.137. The average Bonchev–Trinajstić information content (AvgIpc) is 3.52. The number of halogens is 4. The molecular weight excluding hydrogens is 552 g/mol. The van der Waals surface area contributed by atoms with Crippen LogP contribution in [-0.2, 0) is 12.7 Å². The number of nitrogens with one attached hydrogen (secondary N) is 1. The number of aromatic carboxylic acids is 1. The van der Waals surface area contributed by atoms with E-state index in [-0.39, 0.29) is 30.1 Å². The molecule has 0 amide bonds. The Kier molecular flexibility index (Phi) is 7.24. The van der Waals surface area contributed by atoms with Gasteiger partial charge in [0.25, 0.3) is 0 Å². The number of carboxylic acids is 1. The van der Waals surface area contributed by atoms with E-state index < -0.39 is 23.5 Å². The fourth-order valence-corrected chi connectivity index (χ4v) is 5.91. The number of hydrogen-bond acceptors (Lipinski definition) is 6.